The Kier molecular flexibility index (Phi) is 10.2. The van der Waals surface area contributed by atoms with Crippen molar-refractivity contribution in [2.45, 2.75) is 153 Å². The summed E-state index contributed by atoms with van der Waals surface area (Å²) in [6.07, 6.45) is 13.4. The molecule has 5 aliphatic rings. The molecule has 2 bridgehead atoms. The first-order valence-electron chi connectivity index (χ1n) is 17.5. The molecule has 4 heterocycles. The lowest BCUT2D eigenvalue weighted by atomic mass is 9.74. The van der Waals surface area contributed by atoms with Gasteiger partial charge in [0.15, 0.2) is 14.1 Å². The molecule has 0 aromatic rings. The summed E-state index contributed by atoms with van der Waals surface area (Å²) in [6, 6.07) is 0. The predicted octanol–water partition coefficient (Wildman–Crippen LogP) is 7.87. The molecule has 8 heteroatoms. The second-order valence-electron chi connectivity index (χ2n) is 16.2. The number of fused-ring (bicyclic) bond motifs is 2. The zero-order valence-corrected chi connectivity index (χ0v) is 30.7. The molecule has 1 N–H and O–H groups in total. The highest BCUT2D eigenvalue weighted by Gasteiger charge is 2.60. The number of ether oxygens (including phenoxy) is 4. The van der Waals surface area contributed by atoms with Crippen LogP contribution in [0.3, 0.4) is 0 Å². The van der Waals surface area contributed by atoms with Gasteiger partial charge in [-0.05, 0) is 79.8 Å². The van der Waals surface area contributed by atoms with Gasteiger partial charge in [-0.15, -0.1) is 0 Å². The second-order valence-corrected chi connectivity index (χ2v) is 20.9. The number of hydrogen-bond donors (Lipinski definition) is 1. The van der Waals surface area contributed by atoms with E-state index in [-0.39, 0.29) is 35.3 Å². The summed E-state index contributed by atoms with van der Waals surface area (Å²) in [6.45, 7) is 24.2. The van der Waals surface area contributed by atoms with Gasteiger partial charge < -0.3 is 28.5 Å². The van der Waals surface area contributed by atoms with E-state index in [1.165, 1.54) is 5.57 Å². The summed E-state index contributed by atoms with van der Waals surface area (Å²) in [4.78, 5) is 14.3. The Morgan fingerprint density at radius 2 is 1.91 bits per heavy atom. The van der Waals surface area contributed by atoms with Crippen molar-refractivity contribution in [1.82, 2.24) is 0 Å². The van der Waals surface area contributed by atoms with Crippen molar-refractivity contribution >= 4 is 14.3 Å². The highest BCUT2D eigenvalue weighted by molar-refractivity contribution is 6.74. The van der Waals surface area contributed by atoms with Crippen molar-refractivity contribution in [3.05, 3.63) is 59.3 Å². The van der Waals surface area contributed by atoms with Gasteiger partial charge in [0, 0.05) is 19.3 Å². The maximum absolute atomic E-state index is 14.3. The van der Waals surface area contributed by atoms with Crippen LogP contribution in [0, 0.1) is 11.8 Å². The van der Waals surface area contributed by atoms with E-state index in [9.17, 15) is 9.90 Å². The number of carbonyl (C=O) groups is 1. The molecular formula is C38H58O7Si. The van der Waals surface area contributed by atoms with E-state index in [1.807, 2.05) is 12.2 Å². The van der Waals surface area contributed by atoms with Gasteiger partial charge in [-0.1, -0.05) is 78.0 Å². The zero-order valence-electron chi connectivity index (χ0n) is 29.7. The number of esters is 1. The second kappa shape index (κ2) is 13.2. The van der Waals surface area contributed by atoms with Crippen molar-refractivity contribution in [2.75, 3.05) is 6.61 Å². The lowest BCUT2D eigenvalue weighted by Crippen LogP contribution is -2.58. The van der Waals surface area contributed by atoms with Crippen LogP contribution in [0.2, 0.25) is 18.1 Å². The average molecular weight is 655 g/mol. The first-order valence-corrected chi connectivity index (χ1v) is 20.4. The van der Waals surface area contributed by atoms with Crippen LogP contribution in [0.1, 0.15) is 93.4 Å². The van der Waals surface area contributed by atoms with Crippen LogP contribution in [-0.4, -0.2) is 67.9 Å². The third-order valence-electron chi connectivity index (χ3n) is 11.4. The molecule has 0 unspecified atom stereocenters. The molecule has 0 amide bonds. The maximum Gasteiger partial charge on any atom is 0.337 e. The minimum Gasteiger partial charge on any atom is -0.459 e. The molecule has 0 aromatic heterocycles. The number of aliphatic hydroxyl groups is 1. The summed E-state index contributed by atoms with van der Waals surface area (Å²) < 4.78 is 33.0. The third-order valence-corrected chi connectivity index (χ3v) is 15.8. The zero-order chi connectivity index (χ0) is 33.7. The Labute approximate surface area is 278 Å². The highest BCUT2D eigenvalue weighted by atomic mass is 28.4. The summed E-state index contributed by atoms with van der Waals surface area (Å²) in [5, 5.41) is 12.6. The normalized spacial score (nSPS) is 42.3. The van der Waals surface area contributed by atoms with Crippen LogP contribution < -0.4 is 0 Å². The molecule has 1 spiro atoms. The van der Waals surface area contributed by atoms with Gasteiger partial charge >= 0.3 is 5.97 Å². The van der Waals surface area contributed by atoms with Gasteiger partial charge in [0.2, 0.25) is 0 Å². The minimum atomic E-state index is -2.29. The first-order chi connectivity index (χ1) is 21.5. The van der Waals surface area contributed by atoms with E-state index in [1.54, 1.807) is 6.08 Å². The Morgan fingerprint density at radius 3 is 2.61 bits per heavy atom. The van der Waals surface area contributed by atoms with Crippen molar-refractivity contribution in [1.29, 1.82) is 0 Å². The first kappa shape index (κ1) is 35.5. The highest BCUT2D eigenvalue weighted by Crippen LogP contribution is 2.49. The largest absolute Gasteiger partial charge is 0.459 e. The Morgan fingerprint density at radius 1 is 1.17 bits per heavy atom. The van der Waals surface area contributed by atoms with E-state index in [0.29, 0.717) is 29.9 Å². The molecular weight excluding hydrogens is 596 g/mol. The van der Waals surface area contributed by atoms with Crippen molar-refractivity contribution in [3.8, 4) is 0 Å². The van der Waals surface area contributed by atoms with Crippen LogP contribution in [0.25, 0.3) is 0 Å². The van der Waals surface area contributed by atoms with Gasteiger partial charge in [-0.3, -0.25) is 0 Å². The number of carbonyl (C=O) groups excluding carboxylic acids is 1. The Balaban J connectivity index is 1.54. The molecule has 256 valence electrons. The van der Waals surface area contributed by atoms with Gasteiger partial charge in [0.1, 0.15) is 17.8 Å². The van der Waals surface area contributed by atoms with Gasteiger partial charge in [-0.2, -0.15) is 0 Å². The van der Waals surface area contributed by atoms with E-state index < -0.39 is 44.0 Å². The van der Waals surface area contributed by atoms with Crippen molar-refractivity contribution in [2.24, 2.45) is 11.8 Å². The molecule has 7 nitrogen and oxygen atoms in total. The van der Waals surface area contributed by atoms with E-state index in [4.69, 9.17) is 23.4 Å². The predicted molar refractivity (Wildman–Crippen MR) is 184 cm³/mol. The molecule has 3 fully saturated rings. The fraction of sp³-hybridized carbons (Fsp3) is 0.711. The number of rotatable bonds is 3. The van der Waals surface area contributed by atoms with E-state index in [2.05, 4.69) is 80.3 Å². The van der Waals surface area contributed by atoms with E-state index in [0.717, 1.165) is 32.1 Å². The van der Waals surface area contributed by atoms with Gasteiger partial charge in [0.05, 0.1) is 30.5 Å². The van der Waals surface area contributed by atoms with Gasteiger partial charge in [-0.25, -0.2) is 4.79 Å². The minimum absolute atomic E-state index is 0.0622. The molecule has 0 aromatic carbocycles. The summed E-state index contributed by atoms with van der Waals surface area (Å²) in [7, 11) is -2.29. The standard InChI is InChI=1S/C38H58O7Si/c1-11-32-26(4)17-18-37(44-32)22-30-21-29(43-37)16-15-25(3)19-24(2)13-12-14-28-23-41-34-33(45-46(9,10)36(6,7)8)27(5)20-31(35(39)42-30)38(28,34)40/h12-15,20,24,26,29-30,32-34,40H,5,11,16-19,21-23H2,1-4,6-10H3/b13-12+,25-15+,28-14+/t24-,26-,29+,30-,32+,33+,34+,37+,38+/m0/s1. The summed E-state index contributed by atoms with van der Waals surface area (Å²) in [5.74, 6) is -0.613. The molecule has 0 radical (unpaired) electrons. The maximum atomic E-state index is 14.3. The lowest BCUT2D eigenvalue weighted by Gasteiger charge is -2.49. The summed E-state index contributed by atoms with van der Waals surface area (Å²) >= 11 is 0. The quantitative estimate of drug-likeness (QED) is 0.188. The fourth-order valence-electron chi connectivity index (χ4n) is 7.55. The monoisotopic (exact) mass is 654 g/mol. The van der Waals surface area contributed by atoms with Gasteiger partial charge in [0.25, 0.3) is 0 Å². The van der Waals surface area contributed by atoms with Crippen molar-refractivity contribution < 1.29 is 33.3 Å². The van der Waals surface area contributed by atoms with Crippen LogP contribution in [-0.2, 0) is 28.2 Å². The van der Waals surface area contributed by atoms with Crippen LogP contribution in [0.5, 0.6) is 0 Å². The van der Waals surface area contributed by atoms with Crippen molar-refractivity contribution in [3.63, 3.8) is 0 Å². The molecule has 4 aliphatic heterocycles. The Bertz CT molecular complexity index is 1300. The smallest absolute Gasteiger partial charge is 0.337 e. The van der Waals surface area contributed by atoms with E-state index >= 15 is 0 Å². The van der Waals surface area contributed by atoms with Crippen LogP contribution >= 0.6 is 0 Å². The molecule has 5 rings (SSSR count). The number of allylic oxidation sites excluding steroid dienone is 4. The molecule has 1 aliphatic carbocycles. The number of hydrogen-bond acceptors (Lipinski definition) is 7. The topological polar surface area (TPSA) is 83.5 Å². The lowest BCUT2D eigenvalue weighted by molar-refractivity contribution is -0.334. The summed E-state index contributed by atoms with van der Waals surface area (Å²) in [5.41, 5.74) is 0.980. The fourth-order valence-corrected chi connectivity index (χ4v) is 8.81. The third kappa shape index (κ3) is 6.99. The Hall–Kier alpha value is -1.81. The average Bonchev–Trinajstić information content (AvgIpc) is 3.30. The molecule has 3 saturated heterocycles. The van der Waals surface area contributed by atoms with Crippen LogP contribution in [0.4, 0.5) is 0 Å². The SMILES string of the molecule is C=C1C=C2C(=O)O[C@H]3C[C@@H](C/C=C(\C)C[C@@H](C)/C=C/C=C4\CO[C@H]([C@@H]1O[Si](C)(C)C(C)(C)C)[C@]24O)O[C@@]1(CC[C@H](C)[C@@H](CC)O1)C3. The molecule has 46 heavy (non-hydrogen) atoms. The molecule has 9 atom stereocenters. The molecule has 0 saturated carbocycles. The van der Waals surface area contributed by atoms with Crippen LogP contribution in [0.15, 0.2) is 59.3 Å².